The van der Waals surface area contributed by atoms with E-state index in [1.165, 1.54) is 0 Å². The van der Waals surface area contributed by atoms with Crippen LogP contribution in [0.25, 0.3) is 0 Å². The van der Waals surface area contributed by atoms with Gasteiger partial charge < -0.3 is 19.6 Å². The van der Waals surface area contributed by atoms with Crippen LogP contribution in [0.15, 0.2) is 20.0 Å². The number of guanidine groups is 1. The van der Waals surface area contributed by atoms with Crippen LogP contribution in [0.3, 0.4) is 0 Å². The number of nitrogens with zero attached hydrogens (tertiary/aromatic N) is 2. The molecule has 2 heterocycles. The number of furan rings is 1. The van der Waals surface area contributed by atoms with Gasteiger partial charge in [-0.05, 0) is 33.3 Å². The minimum absolute atomic E-state index is 0.587. The number of nitrogens with one attached hydrogen (secondary N) is 2. The van der Waals surface area contributed by atoms with Crippen molar-refractivity contribution >= 4 is 5.96 Å². The number of hydrogen-bond acceptors (Lipinski definition) is 4. The zero-order chi connectivity index (χ0) is 17.5. The number of hydrogen-bond donors (Lipinski definition) is 2. The van der Waals surface area contributed by atoms with Crippen LogP contribution < -0.4 is 10.6 Å². The molecule has 0 atom stereocenters. The highest BCUT2D eigenvalue weighted by atomic mass is 16.5. The van der Waals surface area contributed by atoms with Crippen molar-refractivity contribution in [2.24, 2.45) is 4.99 Å². The Morgan fingerprint density at radius 1 is 1.17 bits per heavy atom. The van der Waals surface area contributed by atoms with Crippen molar-refractivity contribution in [3.63, 3.8) is 0 Å². The molecule has 0 aliphatic carbocycles. The number of aromatic nitrogens is 1. The van der Waals surface area contributed by atoms with Crippen molar-refractivity contribution in [2.45, 2.75) is 60.5 Å². The second kappa shape index (κ2) is 8.57. The smallest absolute Gasteiger partial charge is 0.191 e. The Balaban J connectivity index is 2.07. The Morgan fingerprint density at radius 2 is 1.96 bits per heavy atom. The zero-order valence-corrected chi connectivity index (χ0v) is 15.3. The highest BCUT2D eigenvalue weighted by Crippen LogP contribution is 2.16. The standard InChI is InChI=1S/C18H28N4O2/c1-6-16-15(17(7-2)24-22-16)11-21-18(19-8-3)20-10-14-9-12(4)23-13(14)5/h9H,6-8,10-11H2,1-5H3,(H2,19,20,21). The van der Waals surface area contributed by atoms with E-state index in [9.17, 15) is 0 Å². The first-order valence-electron chi connectivity index (χ1n) is 8.63. The first kappa shape index (κ1) is 18.1. The average Bonchev–Trinajstić information content (AvgIpc) is 3.11. The van der Waals surface area contributed by atoms with Crippen LogP contribution in [0.4, 0.5) is 0 Å². The van der Waals surface area contributed by atoms with Gasteiger partial charge in [-0.15, -0.1) is 0 Å². The molecule has 2 rings (SSSR count). The van der Waals surface area contributed by atoms with Crippen LogP contribution in [0.2, 0.25) is 0 Å². The molecule has 0 amide bonds. The second-order valence-corrected chi connectivity index (χ2v) is 5.73. The molecule has 0 saturated carbocycles. The summed E-state index contributed by atoms with van der Waals surface area (Å²) in [6.45, 7) is 12.2. The average molecular weight is 332 g/mol. The zero-order valence-electron chi connectivity index (χ0n) is 15.3. The van der Waals surface area contributed by atoms with Gasteiger partial charge >= 0.3 is 0 Å². The van der Waals surface area contributed by atoms with Crippen molar-refractivity contribution in [3.8, 4) is 0 Å². The summed E-state index contributed by atoms with van der Waals surface area (Å²) in [5.74, 6) is 3.56. The van der Waals surface area contributed by atoms with Gasteiger partial charge in [0.2, 0.25) is 0 Å². The maximum absolute atomic E-state index is 5.56. The van der Waals surface area contributed by atoms with Crippen molar-refractivity contribution in [3.05, 3.63) is 40.2 Å². The van der Waals surface area contributed by atoms with Crippen LogP contribution >= 0.6 is 0 Å². The molecule has 0 aliphatic rings. The topological polar surface area (TPSA) is 75.6 Å². The fourth-order valence-corrected chi connectivity index (χ4v) is 2.66. The molecule has 0 spiro atoms. The predicted octanol–water partition coefficient (Wildman–Crippen LogP) is 3.26. The van der Waals surface area contributed by atoms with Gasteiger partial charge in [0, 0.05) is 30.6 Å². The second-order valence-electron chi connectivity index (χ2n) is 5.73. The molecule has 6 heteroatoms. The molecule has 0 radical (unpaired) electrons. The lowest BCUT2D eigenvalue weighted by molar-refractivity contribution is 0.380. The van der Waals surface area contributed by atoms with E-state index < -0.39 is 0 Å². The third kappa shape index (κ3) is 4.40. The summed E-state index contributed by atoms with van der Waals surface area (Å²) >= 11 is 0. The highest BCUT2D eigenvalue weighted by Gasteiger charge is 2.13. The number of aryl methyl sites for hydroxylation is 4. The van der Waals surface area contributed by atoms with Crippen LogP contribution in [-0.2, 0) is 25.9 Å². The summed E-state index contributed by atoms with van der Waals surface area (Å²) in [6, 6.07) is 2.03. The quantitative estimate of drug-likeness (QED) is 0.601. The minimum Gasteiger partial charge on any atom is -0.466 e. The van der Waals surface area contributed by atoms with E-state index in [4.69, 9.17) is 8.94 Å². The molecule has 2 aromatic rings. The molecule has 0 saturated heterocycles. The maximum Gasteiger partial charge on any atom is 0.191 e. The Morgan fingerprint density at radius 3 is 2.54 bits per heavy atom. The van der Waals surface area contributed by atoms with Gasteiger partial charge in [-0.3, -0.25) is 0 Å². The third-order valence-electron chi connectivity index (χ3n) is 3.94. The molecule has 2 N–H and O–H groups in total. The largest absolute Gasteiger partial charge is 0.466 e. The molecule has 0 fully saturated rings. The molecular formula is C18H28N4O2. The summed E-state index contributed by atoms with van der Waals surface area (Å²) in [6.07, 6.45) is 1.70. The maximum atomic E-state index is 5.56. The lowest BCUT2D eigenvalue weighted by Gasteiger charge is -2.11. The highest BCUT2D eigenvalue weighted by molar-refractivity contribution is 5.79. The SMILES string of the molecule is CCNC(=NCc1cc(C)oc1C)NCc1c(CC)noc1CC. The Kier molecular flexibility index (Phi) is 6.46. The van der Waals surface area contributed by atoms with Crippen molar-refractivity contribution in [1.82, 2.24) is 15.8 Å². The van der Waals surface area contributed by atoms with Crippen LogP contribution in [0.5, 0.6) is 0 Å². The van der Waals surface area contributed by atoms with E-state index in [-0.39, 0.29) is 0 Å². The van der Waals surface area contributed by atoms with Crippen LogP contribution in [0, 0.1) is 13.8 Å². The van der Waals surface area contributed by atoms with E-state index >= 15 is 0 Å². The Hall–Kier alpha value is -2.24. The fourth-order valence-electron chi connectivity index (χ4n) is 2.66. The van der Waals surface area contributed by atoms with Crippen molar-refractivity contribution in [2.75, 3.05) is 6.54 Å². The minimum atomic E-state index is 0.587. The molecular weight excluding hydrogens is 304 g/mol. The van der Waals surface area contributed by atoms with E-state index in [0.29, 0.717) is 13.1 Å². The van der Waals surface area contributed by atoms with Crippen LogP contribution in [0.1, 0.15) is 54.9 Å². The lowest BCUT2D eigenvalue weighted by atomic mass is 10.1. The van der Waals surface area contributed by atoms with Crippen molar-refractivity contribution in [1.29, 1.82) is 0 Å². The molecule has 6 nitrogen and oxygen atoms in total. The van der Waals surface area contributed by atoms with Gasteiger partial charge in [0.1, 0.15) is 17.3 Å². The van der Waals surface area contributed by atoms with Gasteiger partial charge in [-0.1, -0.05) is 19.0 Å². The van der Waals surface area contributed by atoms with E-state index in [0.717, 1.165) is 59.4 Å². The van der Waals surface area contributed by atoms with E-state index in [1.54, 1.807) is 0 Å². The molecule has 0 unspecified atom stereocenters. The van der Waals surface area contributed by atoms with E-state index in [1.807, 2.05) is 19.9 Å². The summed E-state index contributed by atoms with van der Waals surface area (Å²) in [7, 11) is 0. The molecule has 0 aliphatic heterocycles. The Labute approximate surface area is 143 Å². The van der Waals surface area contributed by atoms with Gasteiger partial charge in [0.25, 0.3) is 0 Å². The molecule has 0 aromatic carbocycles. The molecule has 132 valence electrons. The predicted molar refractivity (Wildman–Crippen MR) is 95.1 cm³/mol. The molecule has 2 aromatic heterocycles. The monoisotopic (exact) mass is 332 g/mol. The lowest BCUT2D eigenvalue weighted by Crippen LogP contribution is -2.37. The summed E-state index contributed by atoms with van der Waals surface area (Å²) < 4.78 is 11.0. The van der Waals surface area contributed by atoms with E-state index in [2.05, 4.69) is 41.6 Å². The summed E-state index contributed by atoms with van der Waals surface area (Å²) in [5.41, 5.74) is 3.26. The van der Waals surface area contributed by atoms with Gasteiger partial charge in [0.05, 0.1) is 12.2 Å². The summed E-state index contributed by atoms with van der Waals surface area (Å²) in [4.78, 5) is 4.65. The van der Waals surface area contributed by atoms with Gasteiger partial charge in [-0.25, -0.2) is 4.99 Å². The van der Waals surface area contributed by atoms with Crippen molar-refractivity contribution < 1.29 is 8.94 Å². The van der Waals surface area contributed by atoms with Crippen LogP contribution in [-0.4, -0.2) is 17.7 Å². The fraction of sp³-hybridized carbons (Fsp3) is 0.556. The number of rotatable bonds is 7. The third-order valence-corrected chi connectivity index (χ3v) is 3.94. The molecule has 0 bridgehead atoms. The Bertz CT molecular complexity index is 664. The molecule has 24 heavy (non-hydrogen) atoms. The van der Waals surface area contributed by atoms with Gasteiger partial charge in [-0.2, -0.15) is 0 Å². The first-order chi connectivity index (χ1) is 11.6. The summed E-state index contributed by atoms with van der Waals surface area (Å²) in [5, 5.41) is 10.8. The number of aliphatic imine (C=N–C) groups is 1. The normalized spacial score (nSPS) is 11.8. The first-order valence-corrected chi connectivity index (χ1v) is 8.63. The van der Waals surface area contributed by atoms with Gasteiger partial charge in [0.15, 0.2) is 5.96 Å².